The molecule has 0 radical (unpaired) electrons. The molecule has 3 heteroatoms. The molecule has 0 aliphatic carbocycles. The highest BCUT2D eigenvalue weighted by Gasteiger charge is 2.13. The summed E-state index contributed by atoms with van der Waals surface area (Å²) in [5.41, 5.74) is 5.09. The van der Waals surface area contributed by atoms with Gasteiger partial charge in [-0.3, -0.25) is 4.98 Å². The van der Waals surface area contributed by atoms with E-state index in [1.165, 1.54) is 16.7 Å². The average Bonchev–Trinajstić information content (AvgIpc) is 2.44. The first-order chi connectivity index (χ1) is 9.61. The zero-order chi connectivity index (χ0) is 14.5. The van der Waals surface area contributed by atoms with Crippen LogP contribution in [0.1, 0.15) is 35.2 Å². The van der Waals surface area contributed by atoms with E-state index >= 15 is 0 Å². The number of nitrogens with one attached hydrogen (secondary N) is 1. The molecule has 0 saturated carbocycles. The van der Waals surface area contributed by atoms with Gasteiger partial charge in [-0.1, -0.05) is 36.7 Å². The van der Waals surface area contributed by atoms with Crippen LogP contribution in [-0.2, 0) is 6.42 Å². The van der Waals surface area contributed by atoms with Crippen molar-refractivity contribution in [3.8, 4) is 0 Å². The largest absolute Gasteiger partial charge is 0.310 e. The number of aryl methyl sites for hydroxylation is 2. The molecule has 0 saturated heterocycles. The summed E-state index contributed by atoms with van der Waals surface area (Å²) in [6.45, 7) is 7.35. The molecular weight excluding hydrogens is 268 g/mol. The second kappa shape index (κ2) is 6.87. The molecule has 0 aliphatic heterocycles. The zero-order valence-corrected chi connectivity index (χ0v) is 13.0. The van der Waals surface area contributed by atoms with Crippen molar-refractivity contribution in [2.75, 3.05) is 6.54 Å². The quantitative estimate of drug-likeness (QED) is 0.890. The van der Waals surface area contributed by atoms with Gasteiger partial charge in [0.05, 0.1) is 5.02 Å². The molecule has 1 N–H and O–H groups in total. The lowest BCUT2D eigenvalue weighted by Gasteiger charge is -2.20. The topological polar surface area (TPSA) is 24.9 Å². The first-order valence-electron chi connectivity index (χ1n) is 7.00. The lowest BCUT2D eigenvalue weighted by molar-refractivity contribution is 0.549. The van der Waals surface area contributed by atoms with E-state index < -0.39 is 0 Å². The Labute approximate surface area is 126 Å². The van der Waals surface area contributed by atoms with Gasteiger partial charge in [-0.2, -0.15) is 0 Å². The molecule has 2 aromatic rings. The lowest BCUT2D eigenvalue weighted by Crippen LogP contribution is -2.23. The van der Waals surface area contributed by atoms with Crippen LogP contribution in [-0.4, -0.2) is 11.5 Å². The van der Waals surface area contributed by atoms with Crippen molar-refractivity contribution in [2.45, 2.75) is 33.2 Å². The number of nitrogens with zero attached hydrogens (tertiary/aromatic N) is 1. The molecule has 0 fully saturated rings. The van der Waals surface area contributed by atoms with E-state index in [1.54, 1.807) is 12.4 Å². The summed E-state index contributed by atoms with van der Waals surface area (Å²) in [5, 5.41) is 4.28. The Balaban J connectivity index is 2.27. The van der Waals surface area contributed by atoms with Crippen molar-refractivity contribution in [3.05, 3.63) is 63.9 Å². The van der Waals surface area contributed by atoms with Crippen LogP contribution in [0.25, 0.3) is 0 Å². The second-order valence-corrected chi connectivity index (χ2v) is 5.53. The molecule has 0 aliphatic rings. The van der Waals surface area contributed by atoms with Crippen molar-refractivity contribution in [2.24, 2.45) is 0 Å². The molecule has 2 nitrogen and oxygen atoms in total. The molecule has 1 aromatic carbocycles. The maximum absolute atomic E-state index is 6.22. The fraction of sp³-hybridized carbons (Fsp3) is 0.353. The number of aromatic nitrogens is 1. The molecule has 1 aromatic heterocycles. The summed E-state index contributed by atoms with van der Waals surface area (Å²) in [4.78, 5) is 4.04. The molecule has 1 unspecified atom stereocenters. The van der Waals surface area contributed by atoms with Crippen molar-refractivity contribution in [3.63, 3.8) is 0 Å². The van der Waals surface area contributed by atoms with Gasteiger partial charge in [0.1, 0.15) is 0 Å². The molecule has 0 amide bonds. The van der Waals surface area contributed by atoms with Crippen LogP contribution >= 0.6 is 11.6 Å². The van der Waals surface area contributed by atoms with Gasteiger partial charge in [0.25, 0.3) is 0 Å². The SMILES string of the molecule is CCNC(Cc1ccncc1Cl)c1ccc(C)c(C)c1. The summed E-state index contributed by atoms with van der Waals surface area (Å²) in [6, 6.07) is 8.92. The van der Waals surface area contributed by atoms with Crippen LogP contribution in [0.15, 0.2) is 36.7 Å². The van der Waals surface area contributed by atoms with E-state index in [1.807, 2.05) is 6.07 Å². The first-order valence-corrected chi connectivity index (χ1v) is 7.38. The van der Waals surface area contributed by atoms with Gasteiger partial charge in [0, 0.05) is 18.4 Å². The fourth-order valence-electron chi connectivity index (χ4n) is 2.33. The molecule has 20 heavy (non-hydrogen) atoms. The summed E-state index contributed by atoms with van der Waals surface area (Å²) in [6.07, 6.45) is 4.38. The third kappa shape index (κ3) is 3.59. The van der Waals surface area contributed by atoms with E-state index in [4.69, 9.17) is 11.6 Å². The highest BCUT2D eigenvalue weighted by atomic mass is 35.5. The highest BCUT2D eigenvalue weighted by Crippen LogP contribution is 2.24. The average molecular weight is 289 g/mol. The van der Waals surface area contributed by atoms with Gasteiger partial charge in [0.2, 0.25) is 0 Å². The van der Waals surface area contributed by atoms with E-state index in [2.05, 4.69) is 49.3 Å². The molecule has 1 atom stereocenters. The number of rotatable bonds is 5. The Hall–Kier alpha value is -1.38. The Morgan fingerprint density at radius 2 is 2.00 bits per heavy atom. The van der Waals surface area contributed by atoms with E-state index in [9.17, 15) is 0 Å². The summed E-state index contributed by atoms with van der Waals surface area (Å²) in [5.74, 6) is 0. The van der Waals surface area contributed by atoms with Crippen molar-refractivity contribution in [1.82, 2.24) is 10.3 Å². The summed E-state index contributed by atoms with van der Waals surface area (Å²) >= 11 is 6.22. The number of likely N-dealkylation sites (N-methyl/N-ethyl adjacent to an activating group) is 1. The first kappa shape index (κ1) is 15.0. The fourth-order valence-corrected chi connectivity index (χ4v) is 2.52. The van der Waals surface area contributed by atoms with Gasteiger partial charge in [-0.25, -0.2) is 0 Å². The van der Waals surface area contributed by atoms with Gasteiger partial charge >= 0.3 is 0 Å². The molecule has 0 spiro atoms. The predicted octanol–water partition coefficient (Wildman–Crippen LogP) is 4.25. The van der Waals surface area contributed by atoms with Crippen molar-refractivity contribution < 1.29 is 0 Å². The van der Waals surface area contributed by atoms with Crippen LogP contribution in [0.5, 0.6) is 0 Å². The number of benzene rings is 1. The van der Waals surface area contributed by atoms with Gasteiger partial charge in [0.15, 0.2) is 0 Å². The van der Waals surface area contributed by atoms with Gasteiger partial charge in [-0.15, -0.1) is 0 Å². The summed E-state index contributed by atoms with van der Waals surface area (Å²) in [7, 11) is 0. The normalized spacial score (nSPS) is 12.4. The maximum atomic E-state index is 6.22. The molecule has 2 rings (SSSR count). The monoisotopic (exact) mass is 288 g/mol. The standard InChI is InChI=1S/C17H21ClN2/c1-4-20-17(10-14-7-8-19-11-16(14)18)15-6-5-12(2)13(3)9-15/h5-9,11,17,20H,4,10H2,1-3H3. The van der Waals surface area contributed by atoms with Crippen LogP contribution in [0.4, 0.5) is 0 Å². The van der Waals surface area contributed by atoms with Crippen molar-refractivity contribution in [1.29, 1.82) is 0 Å². The number of halogens is 1. The Morgan fingerprint density at radius 1 is 1.20 bits per heavy atom. The minimum Gasteiger partial charge on any atom is -0.310 e. The Bertz CT molecular complexity index is 581. The van der Waals surface area contributed by atoms with Crippen molar-refractivity contribution >= 4 is 11.6 Å². The Morgan fingerprint density at radius 3 is 2.65 bits per heavy atom. The van der Waals surface area contributed by atoms with Crippen LogP contribution in [0.2, 0.25) is 5.02 Å². The van der Waals surface area contributed by atoms with Crippen LogP contribution < -0.4 is 5.32 Å². The molecule has 106 valence electrons. The minimum atomic E-state index is 0.277. The van der Waals surface area contributed by atoms with Gasteiger partial charge < -0.3 is 5.32 Å². The number of hydrogen-bond acceptors (Lipinski definition) is 2. The van der Waals surface area contributed by atoms with E-state index in [0.717, 1.165) is 23.6 Å². The van der Waals surface area contributed by atoms with Crippen LogP contribution in [0, 0.1) is 13.8 Å². The van der Waals surface area contributed by atoms with Gasteiger partial charge in [-0.05, 0) is 55.1 Å². The van der Waals surface area contributed by atoms with E-state index in [0.29, 0.717) is 0 Å². The minimum absolute atomic E-state index is 0.277. The predicted molar refractivity (Wildman–Crippen MR) is 85.3 cm³/mol. The Kier molecular flexibility index (Phi) is 5.16. The lowest BCUT2D eigenvalue weighted by atomic mass is 9.96. The number of hydrogen-bond donors (Lipinski definition) is 1. The second-order valence-electron chi connectivity index (χ2n) is 5.13. The third-order valence-corrected chi connectivity index (χ3v) is 4.00. The highest BCUT2D eigenvalue weighted by molar-refractivity contribution is 6.31. The zero-order valence-electron chi connectivity index (χ0n) is 12.3. The molecule has 0 bridgehead atoms. The number of pyridine rings is 1. The molecular formula is C17H21ClN2. The third-order valence-electron chi connectivity index (χ3n) is 3.66. The maximum Gasteiger partial charge on any atom is 0.0622 e. The van der Waals surface area contributed by atoms with Crippen LogP contribution in [0.3, 0.4) is 0 Å². The molecule has 1 heterocycles. The summed E-state index contributed by atoms with van der Waals surface area (Å²) < 4.78 is 0. The van der Waals surface area contributed by atoms with E-state index in [-0.39, 0.29) is 6.04 Å². The smallest absolute Gasteiger partial charge is 0.0622 e.